The van der Waals surface area contributed by atoms with Crippen LogP contribution >= 0.6 is 0 Å². The van der Waals surface area contributed by atoms with Crippen molar-refractivity contribution in [2.24, 2.45) is 5.92 Å². The third-order valence-corrected chi connectivity index (χ3v) is 7.07. The first-order valence-corrected chi connectivity index (χ1v) is 10.8. The summed E-state index contributed by atoms with van der Waals surface area (Å²) in [5, 5.41) is 0. The summed E-state index contributed by atoms with van der Waals surface area (Å²) in [4.78, 5) is 39.8. The number of carbonyl (C=O) groups is 1. The molecule has 0 unspecified atom stereocenters. The first kappa shape index (κ1) is 18.4. The maximum Gasteiger partial charge on any atom is 0.253 e. The van der Waals surface area contributed by atoms with Crippen molar-refractivity contribution >= 4 is 17.4 Å². The molecule has 9 nitrogen and oxygen atoms in total. The highest BCUT2D eigenvalue weighted by atomic mass is 16.2. The molecule has 158 valence electrons. The van der Waals surface area contributed by atoms with Crippen molar-refractivity contribution in [3.63, 3.8) is 0 Å². The highest BCUT2D eigenvalue weighted by Gasteiger charge is 2.66. The third-order valence-electron chi connectivity index (χ3n) is 7.07. The van der Waals surface area contributed by atoms with Gasteiger partial charge in [0.25, 0.3) is 5.91 Å². The van der Waals surface area contributed by atoms with E-state index in [1.165, 1.54) is 19.2 Å². The fraction of sp³-hybridized carbons (Fsp3) is 0.455. The normalized spacial score (nSPS) is 25.4. The quantitative estimate of drug-likeness (QED) is 0.648. The highest BCUT2D eigenvalue weighted by molar-refractivity contribution is 6.09. The van der Waals surface area contributed by atoms with Crippen LogP contribution in [0.1, 0.15) is 39.0 Å². The number of nitrogens with zero attached hydrogens (tertiary/aromatic N) is 8. The van der Waals surface area contributed by atoms with E-state index < -0.39 is 5.54 Å². The molecular formula is C22H24N8O. The van der Waals surface area contributed by atoms with E-state index in [1.807, 2.05) is 17.8 Å². The zero-order valence-electron chi connectivity index (χ0n) is 17.6. The number of carbonyl (C=O) groups excluding carboxylic acids is 1. The van der Waals surface area contributed by atoms with Crippen LogP contribution in [0.4, 0.5) is 11.5 Å². The zero-order chi connectivity index (χ0) is 21.2. The Labute approximate surface area is 180 Å². The molecule has 9 heteroatoms. The van der Waals surface area contributed by atoms with Crippen molar-refractivity contribution in [2.75, 3.05) is 16.8 Å². The summed E-state index contributed by atoms with van der Waals surface area (Å²) in [6.45, 7) is 2.17. The molecule has 1 aliphatic heterocycles. The van der Waals surface area contributed by atoms with Gasteiger partial charge in [-0.25, -0.2) is 19.9 Å². The number of amides is 1. The minimum Gasteiger partial charge on any atom is -0.337 e. The second kappa shape index (κ2) is 6.57. The molecule has 2 aliphatic carbocycles. The summed E-state index contributed by atoms with van der Waals surface area (Å²) in [5.74, 6) is 2.56. The van der Waals surface area contributed by atoms with Crippen LogP contribution in [0.15, 0.2) is 37.3 Å². The SMILES string of the molecule is C[C@H]1C[C@@]12C(=O)N(C)c1cnc(-n3ccnc3-c3cncnc3)nc1N2C1CCCC1. The molecule has 6 rings (SSSR count). The molecule has 0 radical (unpaired) electrons. The van der Waals surface area contributed by atoms with Crippen molar-refractivity contribution in [1.82, 2.24) is 29.5 Å². The molecule has 1 spiro atoms. The molecule has 0 aromatic carbocycles. The van der Waals surface area contributed by atoms with Gasteiger partial charge in [-0.1, -0.05) is 19.8 Å². The molecule has 0 bridgehead atoms. The molecular weight excluding hydrogens is 392 g/mol. The molecule has 2 atom stereocenters. The fourth-order valence-electron chi connectivity index (χ4n) is 5.38. The molecule has 2 fully saturated rings. The lowest BCUT2D eigenvalue weighted by Crippen LogP contribution is -2.59. The Hall–Kier alpha value is -3.36. The number of likely N-dealkylation sites (N-methyl/N-ethyl adjacent to an activating group) is 1. The average Bonchev–Trinajstić information content (AvgIpc) is 3.21. The van der Waals surface area contributed by atoms with Crippen molar-refractivity contribution in [1.29, 1.82) is 0 Å². The first-order chi connectivity index (χ1) is 15.1. The highest BCUT2D eigenvalue weighted by Crippen LogP contribution is 2.57. The van der Waals surface area contributed by atoms with Gasteiger partial charge < -0.3 is 9.80 Å². The van der Waals surface area contributed by atoms with Crippen LogP contribution < -0.4 is 9.80 Å². The van der Waals surface area contributed by atoms with Crippen molar-refractivity contribution < 1.29 is 4.79 Å². The van der Waals surface area contributed by atoms with E-state index in [-0.39, 0.29) is 5.91 Å². The number of rotatable bonds is 3. The molecule has 3 aliphatic rings. The second-order valence-electron chi connectivity index (χ2n) is 8.83. The first-order valence-electron chi connectivity index (χ1n) is 10.8. The number of anilines is 2. The summed E-state index contributed by atoms with van der Waals surface area (Å²) in [6.07, 6.45) is 15.7. The largest absolute Gasteiger partial charge is 0.337 e. The topological polar surface area (TPSA) is 92.9 Å². The number of imidazole rings is 1. The predicted octanol–water partition coefficient (Wildman–Crippen LogP) is 2.62. The van der Waals surface area contributed by atoms with Gasteiger partial charge >= 0.3 is 0 Å². The standard InChI is InChI=1S/C22H24N8O/c1-14-9-22(14)20(31)28(2)17-12-26-21(27-19(17)30(22)16-5-3-4-6-16)29-8-7-25-18(29)15-10-23-13-24-11-15/h7-8,10-14,16H,3-6,9H2,1-2H3/t14-,22-/m0/s1. The Morgan fingerprint density at radius 2 is 1.84 bits per heavy atom. The van der Waals surface area contributed by atoms with E-state index in [2.05, 4.69) is 31.8 Å². The van der Waals surface area contributed by atoms with Gasteiger partial charge in [0.2, 0.25) is 5.95 Å². The van der Waals surface area contributed by atoms with Gasteiger partial charge in [0.15, 0.2) is 5.82 Å². The minimum absolute atomic E-state index is 0.167. The number of hydrogen-bond acceptors (Lipinski definition) is 7. The summed E-state index contributed by atoms with van der Waals surface area (Å²) in [6, 6.07) is 0.342. The Morgan fingerprint density at radius 1 is 1.10 bits per heavy atom. The van der Waals surface area contributed by atoms with E-state index in [1.54, 1.807) is 29.7 Å². The molecule has 1 amide bonds. The van der Waals surface area contributed by atoms with Crippen LogP contribution in [-0.2, 0) is 4.79 Å². The Bertz CT molecular complexity index is 1160. The zero-order valence-corrected chi connectivity index (χ0v) is 17.6. The van der Waals surface area contributed by atoms with Gasteiger partial charge in [-0.3, -0.25) is 9.36 Å². The number of fused-ring (bicyclic) bond motifs is 1. The Morgan fingerprint density at radius 3 is 2.55 bits per heavy atom. The molecule has 2 saturated carbocycles. The van der Waals surface area contributed by atoms with E-state index in [0.29, 0.717) is 23.7 Å². The van der Waals surface area contributed by atoms with E-state index >= 15 is 0 Å². The van der Waals surface area contributed by atoms with Crippen LogP contribution in [0.2, 0.25) is 0 Å². The lowest BCUT2D eigenvalue weighted by molar-refractivity contribution is -0.121. The van der Waals surface area contributed by atoms with Gasteiger partial charge in [0.1, 0.15) is 23.4 Å². The number of hydrogen-bond donors (Lipinski definition) is 0. The Kier molecular flexibility index (Phi) is 3.90. The van der Waals surface area contributed by atoms with Crippen LogP contribution in [-0.4, -0.2) is 54.0 Å². The Balaban J connectivity index is 1.50. The van der Waals surface area contributed by atoms with E-state index in [4.69, 9.17) is 4.98 Å². The monoisotopic (exact) mass is 416 g/mol. The maximum absolute atomic E-state index is 13.4. The summed E-state index contributed by atoms with van der Waals surface area (Å²) < 4.78 is 1.85. The van der Waals surface area contributed by atoms with Crippen LogP contribution in [0, 0.1) is 5.92 Å². The van der Waals surface area contributed by atoms with Gasteiger partial charge in [-0.15, -0.1) is 0 Å². The lowest BCUT2D eigenvalue weighted by Gasteiger charge is -2.45. The smallest absolute Gasteiger partial charge is 0.253 e. The number of aromatic nitrogens is 6. The summed E-state index contributed by atoms with van der Waals surface area (Å²) >= 11 is 0. The minimum atomic E-state index is -0.465. The van der Waals surface area contributed by atoms with Gasteiger partial charge in [0.05, 0.1) is 11.8 Å². The lowest BCUT2D eigenvalue weighted by atomic mass is 10.0. The molecule has 3 aromatic rings. The average molecular weight is 416 g/mol. The van der Waals surface area contributed by atoms with Crippen LogP contribution in [0.3, 0.4) is 0 Å². The van der Waals surface area contributed by atoms with Crippen molar-refractivity contribution in [3.05, 3.63) is 37.3 Å². The van der Waals surface area contributed by atoms with Crippen molar-refractivity contribution in [2.45, 2.75) is 50.6 Å². The summed E-state index contributed by atoms with van der Waals surface area (Å²) in [5.41, 5.74) is 1.10. The molecule has 4 heterocycles. The fourth-order valence-corrected chi connectivity index (χ4v) is 5.38. The third kappa shape index (κ3) is 2.55. The molecule has 0 N–H and O–H groups in total. The van der Waals surface area contributed by atoms with Gasteiger partial charge in [-0.05, 0) is 25.2 Å². The molecule has 3 aromatic heterocycles. The predicted molar refractivity (Wildman–Crippen MR) is 115 cm³/mol. The maximum atomic E-state index is 13.4. The van der Waals surface area contributed by atoms with Crippen LogP contribution in [0.5, 0.6) is 0 Å². The summed E-state index contributed by atoms with van der Waals surface area (Å²) in [7, 11) is 1.84. The van der Waals surface area contributed by atoms with E-state index in [0.717, 1.165) is 36.3 Å². The molecule has 31 heavy (non-hydrogen) atoms. The van der Waals surface area contributed by atoms with Crippen molar-refractivity contribution in [3.8, 4) is 17.3 Å². The molecule has 0 saturated heterocycles. The van der Waals surface area contributed by atoms with Gasteiger partial charge in [-0.2, -0.15) is 4.98 Å². The van der Waals surface area contributed by atoms with Crippen LogP contribution in [0.25, 0.3) is 17.3 Å². The van der Waals surface area contributed by atoms with E-state index in [9.17, 15) is 4.79 Å². The second-order valence-corrected chi connectivity index (χ2v) is 8.83. The van der Waals surface area contributed by atoms with Gasteiger partial charge in [0, 0.05) is 37.9 Å².